The van der Waals surface area contributed by atoms with E-state index in [0.29, 0.717) is 11.1 Å². The Morgan fingerprint density at radius 2 is 0.825 bits per heavy atom. The monoisotopic (exact) mass is 532 g/mol. The van der Waals surface area contributed by atoms with Gasteiger partial charge in [-0.25, -0.2) is 0 Å². The molecule has 206 valence electrons. The van der Waals surface area contributed by atoms with Crippen molar-refractivity contribution in [2.24, 2.45) is 0 Å². The van der Waals surface area contributed by atoms with Gasteiger partial charge in [-0.15, -0.1) is 0 Å². The summed E-state index contributed by atoms with van der Waals surface area (Å²) in [6.45, 7) is 16.9. The number of anilines is 2. The molecule has 4 aromatic rings. The van der Waals surface area contributed by atoms with Crippen LogP contribution in [0.15, 0.2) is 84.9 Å². The maximum absolute atomic E-state index is 12.9. The number of amides is 2. The van der Waals surface area contributed by atoms with E-state index in [1.165, 1.54) is 11.1 Å². The van der Waals surface area contributed by atoms with Gasteiger partial charge in [0.2, 0.25) is 0 Å². The Labute approximate surface area is 238 Å². The van der Waals surface area contributed by atoms with Crippen LogP contribution < -0.4 is 10.6 Å². The zero-order valence-corrected chi connectivity index (χ0v) is 24.9. The summed E-state index contributed by atoms with van der Waals surface area (Å²) in [6, 6.07) is 27.6. The SMILES string of the molecule is Cc1cc(-c2ccc(NC(=O)c3ccc(C(C)(C)C)cc3)c(C)c2)ccc1NC(=O)c1ccc(C(C)(C)C)cc1. The average Bonchev–Trinajstić information content (AvgIpc) is 2.90. The zero-order chi connectivity index (χ0) is 29.2. The lowest BCUT2D eigenvalue weighted by atomic mass is 9.86. The summed E-state index contributed by atoms with van der Waals surface area (Å²) in [5.74, 6) is -0.249. The highest BCUT2D eigenvalue weighted by Crippen LogP contribution is 2.29. The minimum absolute atomic E-state index is 0.0436. The third-order valence-electron chi connectivity index (χ3n) is 7.31. The third kappa shape index (κ3) is 6.69. The first kappa shape index (κ1) is 28.8. The number of carbonyl (C=O) groups is 2. The van der Waals surface area contributed by atoms with Crippen molar-refractivity contribution in [3.8, 4) is 11.1 Å². The molecular weight excluding hydrogens is 492 g/mol. The van der Waals surface area contributed by atoms with E-state index in [9.17, 15) is 9.59 Å². The van der Waals surface area contributed by atoms with Gasteiger partial charge in [-0.1, -0.05) is 77.9 Å². The van der Waals surface area contributed by atoms with Crippen LogP contribution in [-0.2, 0) is 10.8 Å². The minimum Gasteiger partial charge on any atom is -0.322 e. The smallest absolute Gasteiger partial charge is 0.255 e. The average molecular weight is 533 g/mol. The van der Waals surface area contributed by atoms with Crippen molar-refractivity contribution in [1.29, 1.82) is 0 Å². The maximum atomic E-state index is 12.9. The number of hydrogen-bond donors (Lipinski definition) is 2. The Morgan fingerprint density at radius 1 is 0.500 bits per heavy atom. The molecule has 0 unspecified atom stereocenters. The van der Waals surface area contributed by atoms with E-state index in [4.69, 9.17) is 0 Å². The molecule has 4 aromatic carbocycles. The molecule has 0 aliphatic rings. The zero-order valence-electron chi connectivity index (χ0n) is 24.9. The van der Waals surface area contributed by atoms with E-state index < -0.39 is 0 Å². The second-order valence-corrected chi connectivity index (χ2v) is 12.6. The molecule has 2 N–H and O–H groups in total. The third-order valence-corrected chi connectivity index (χ3v) is 7.31. The molecule has 4 rings (SSSR count). The molecule has 0 aromatic heterocycles. The van der Waals surface area contributed by atoms with Crippen LogP contribution in [-0.4, -0.2) is 11.8 Å². The fourth-order valence-corrected chi connectivity index (χ4v) is 4.60. The van der Waals surface area contributed by atoms with Crippen molar-refractivity contribution in [1.82, 2.24) is 0 Å². The van der Waals surface area contributed by atoms with Gasteiger partial charge in [0, 0.05) is 22.5 Å². The lowest BCUT2D eigenvalue weighted by molar-refractivity contribution is 0.101. The molecule has 0 bridgehead atoms. The van der Waals surface area contributed by atoms with Crippen molar-refractivity contribution in [2.75, 3.05) is 10.6 Å². The molecule has 0 atom stereocenters. The van der Waals surface area contributed by atoms with E-state index >= 15 is 0 Å². The molecule has 0 saturated carbocycles. The second-order valence-electron chi connectivity index (χ2n) is 12.6. The van der Waals surface area contributed by atoms with Crippen LogP contribution in [0, 0.1) is 13.8 Å². The van der Waals surface area contributed by atoms with Crippen LogP contribution in [0.5, 0.6) is 0 Å². The van der Waals surface area contributed by atoms with E-state index in [0.717, 1.165) is 33.6 Å². The number of benzene rings is 4. The molecule has 0 aliphatic heterocycles. The molecule has 0 heterocycles. The molecule has 0 saturated heterocycles. The first-order valence-corrected chi connectivity index (χ1v) is 13.8. The largest absolute Gasteiger partial charge is 0.322 e. The van der Waals surface area contributed by atoms with E-state index in [1.54, 1.807) is 0 Å². The van der Waals surface area contributed by atoms with Gasteiger partial charge in [0.05, 0.1) is 0 Å². The highest BCUT2D eigenvalue weighted by Gasteiger charge is 2.16. The highest BCUT2D eigenvalue weighted by atomic mass is 16.2. The van der Waals surface area contributed by atoms with Gasteiger partial charge < -0.3 is 10.6 Å². The molecule has 40 heavy (non-hydrogen) atoms. The van der Waals surface area contributed by atoms with Crippen LogP contribution in [0.25, 0.3) is 11.1 Å². The van der Waals surface area contributed by atoms with Crippen molar-refractivity contribution in [3.05, 3.63) is 118 Å². The summed E-state index contributed by atoms with van der Waals surface area (Å²) in [7, 11) is 0. The summed E-state index contributed by atoms with van der Waals surface area (Å²) in [5.41, 5.74) is 9.36. The lowest BCUT2D eigenvalue weighted by Gasteiger charge is -2.19. The van der Waals surface area contributed by atoms with Crippen LogP contribution in [0.1, 0.15) is 84.5 Å². The Hall–Kier alpha value is -4.18. The predicted octanol–water partition coefficient (Wildman–Crippen LogP) is 9.07. The van der Waals surface area contributed by atoms with Gasteiger partial charge >= 0.3 is 0 Å². The number of carbonyl (C=O) groups excluding carboxylic acids is 2. The van der Waals surface area contributed by atoms with Crippen molar-refractivity contribution >= 4 is 23.2 Å². The fraction of sp³-hybridized carbons (Fsp3) is 0.278. The van der Waals surface area contributed by atoms with Crippen LogP contribution >= 0.6 is 0 Å². The van der Waals surface area contributed by atoms with Crippen molar-refractivity contribution < 1.29 is 9.59 Å². The van der Waals surface area contributed by atoms with Crippen LogP contribution in [0.2, 0.25) is 0 Å². The summed E-state index contributed by atoms with van der Waals surface area (Å²) >= 11 is 0. The second kappa shape index (κ2) is 11.1. The van der Waals surface area contributed by atoms with Gasteiger partial charge in [0.1, 0.15) is 0 Å². The fourth-order valence-electron chi connectivity index (χ4n) is 4.60. The number of rotatable bonds is 5. The van der Waals surface area contributed by atoms with Gasteiger partial charge in [0.25, 0.3) is 11.8 Å². The topological polar surface area (TPSA) is 58.2 Å². The normalized spacial score (nSPS) is 11.7. The molecule has 2 amide bonds. The lowest BCUT2D eigenvalue weighted by Crippen LogP contribution is -2.15. The summed E-state index contributed by atoms with van der Waals surface area (Å²) in [6.07, 6.45) is 0. The van der Waals surface area contributed by atoms with E-state index in [1.807, 2.05) is 86.6 Å². The van der Waals surface area contributed by atoms with Gasteiger partial charge in [-0.05, 0) is 107 Å². The van der Waals surface area contributed by atoms with Gasteiger partial charge in [0.15, 0.2) is 0 Å². The molecule has 0 fully saturated rings. The Bertz CT molecular complexity index is 1420. The van der Waals surface area contributed by atoms with E-state index in [2.05, 4.69) is 64.3 Å². The van der Waals surface area contributed by atoms with Crippen LogP contribution in [0.3, 0.4) is 0 Å². The summed E-state index contributed by atoms with van der Waals surface area (Å²) < 4.78 is 0. The van der Waals surface area contributed by atoms with Crippen LogP contribution in [0.4, 0.5) is 11.4 Å². The molecule has 0 radical (unpaired) electrons. The minimum atomic E-state index is -0.125. The quantitative estimate of drug-likeness (QED) is 0.269. The van der Waals surface area contributed by atoms with Gasteiger partial charge in [-0.3, -0.25) is 9.59 Å². The van der Waals surface area contributed by atoms with Crippen molar-refractivity contribution in [3.63, 3.8) is 0 Å². The number of nitrogens with one attached hydrogen (secondary N) is 2. The Kier molecular flexibility index (Phi) is 8.02. The molecule has 4 nitrogen and oxygen atoms in total. The summed E-state index contributed by atoms with van der Waals surface area (Å²) in [4.78, 5) is 25.7. The number of aryl methyl sites for hydroxylation is 2. The molecule has 0 spiro atoms. The highest BCUT2D eigenvalue weighted by molar-refractivity contribution is 6.05. The standard InChI is InChI=1S/C36H40N2O2/c1-23-21-27(13-19-31(23)37-33(39)25-9-15-29(16-10-25)35(3,4)5)28-14-20-32(24(2)22-28)38-34(40)26-11-17-30(18-12-26)36(6,7)8/h9-22H,1-8H3,(H,37,39)(H,38,40). The number of hydrogen-bond acceptors (Lipinski definition) is 2. The predicted molar refractivity (Wildman–Crippen MR) is 168 cm³/mol. The van der Waals surface area contributed by atoms with E-state index in [-0.39, 0.29) is 22.6 Å². The molecule has 4 heteroatoms. The Balaban J connectivity index is 1.45. The first-order valence-electron chi connectivity index (χ1n) is 13.8. The maximum Gasteiger partial charge on any atom is 0.255 e. The van der Waals surface area contributed by atoms with Crippen molar-refractivity contribution in [2.45, 2.75) is 66.2 Å². The summed E-state index contributed by atoms with van der Waals surface area (Å²) in [5, 5.41) is 6.09. The Morgan fingerprint density at radius 3 is 1.10 bits per heavy atom. The molecular formula is C36H40N2O2. The first-order chi connectivity index (χ1) is 18.7. The molecule has 0 aliphatic carbocycles. The van der Waals surface area contributed by atoms with Gasteiger partial charge in [-0.2, -0.15) is 0 Å².